The minimum atomic E-state index is -3.40. The summed E-state index contributed by atoms with van der Waals surface area (Å²) in [5, 5.41) is 3.01. The first kappa shape index (κ1) is 20.3. The summed E-state index contributed by atoms with van der Waals surface area (Å²) < 4.78 is 28.0. The third kappa shape index (κ3) is 5.28. The molecule has 0 unspecified atom stereocenters. The highest BCUT2D eigenvalue weighted by molar-refractivity contribution is 9.11. The lowest BCUT2D eigenvalue weighted by Gasteiger charge is -2.30. The number of nitrogens with zero attached hydrogens (tertiary/aromatic N) is 2. The van der Waals surface area contributed by atoms with Crippen LogP contribution >= 0.6 is 27.3 Å². The zero-order chi connectivity index (χ0) is 18.6. The van der Waals surface area contributed by atoms with E-state index in [2.05, 4.69) is 26.1 Å². The Kier molecular flexibility index (Phi) is 7.12. The fourth-order valence-corrected chi connectivity index (χ4v) is 7.25. The van der Waals surface area contributed by atoms with Gasteiger partial charge in [0.2, 0.25) is 5.91 Å². The maximum Gasteiger partial charge on any atom is 0.252 e. The summed E-state index contributed by atoms with van der Waals surface area (Å²) in [6.45, 7) is 4.90. The van der Waals surface area contributed by atoms with Gasteiger partial charge in [-0.1, -0.05) is 0 Å². The summed E-state index contributed by atoms with van der Waals surface area (Å²) in [6, 6.07) is 3.40. The molecule has 2 aliphatic rings. The van der Waals surface area contributed by atoms with Crippen molar-refractivity contribution in [1.29, 1.82) is 0 Å². The number of likely N-dealkylation sites (tertiary alicyclic amines) is 1. The van der Waals surface area contributed by atoms with Crippen LogP contribution in [0.2, 0.25) is 0 Å². The molecule has 2 saturated heterocycles. The monoisotopic (exact) mass is 463 g/mol. The lowest BCUT2D eigenvalue weighted by Crippen LogP contribution is -2.40. The van der Waals surface area contributed by atoms with Crippen molar-refractivity contribution in [3.63, 3.8) is 0 Å². The second-order valence-electron chi connectivity index (χ2n) is 7.01. The molecule has 0 spiro atoms. The van der Waals surface area contributed by atoms with Gasteiger partial charge in [-0.3, -0.25) is 4.79 Å². The van der Waals surface area contributed by atoms with E-state index in [1.54, 1.807) is 16.4 Å². The van der Waals surface area contributed by atoms with Crippen molar-refractivity contribution in [3.05, 3.63) is 15.9 Å². The molecule has 1 aromatic rings. The van der Waals surface area contributed by atoms with Crippen LogP contribution in [0.4, 0.5) is 0 Å². The summed E-state index contributed by atoms with van der Waals surface area (Å²) in [4.78, 5) is 14.5. The molecule has 0 aromatic carbocycles. The number of halogens is 1. The van der Waals surface area contributed by atoms with Crippen molar-refractivity contribution in [2.75, 3.05) is 39.3 Å². The number of rotatable bonds is 7. The maximum atomic E-state index is 12.6. The molecule has 26 heavy (non-hydrogen) atoms. The molecule has 0 atom stereocenters. The predicted molar refractivity (Wildman–Crippen MR) is 107 cm³/mol. The molecular formula is C17H26BrN3O3S2. The number of piperidine rings is 1. The number of hydrogen-bond acceptors (Lipinski definition) is 5. The van der Waals surface area contributed by atoms with Crippen molar-refractivity contribution < 1.29 is 13.2 Å². The number of carbonyl (C=O) groups is 1. The Morgan fingerprint density at radius 2 is 1.88 bits per heavy atom. The zero-order valence-corrected chi connectivity index (χ0v) is 18.0. The average Bonchev–Trinajstić information content (AvgIpc) is 3.27. The summed E-state index contributed by atoms with van der Waals surface area (Å²) in [6.07, 6.45) is 4.50. The quantitative estimate of drug-likeness (QED) is 0.674. The third-order valence-electron chi connectivity index (χ3n) is 5.14. The topological polar surface area (TPSA) is 69.7 Å². The largest absolute Gasteiger partial charge is 0.355 e. The summed E-state index contributed by atoms with van der Waals surface area (Å²) in [7, 11) is -3.40. The number of amides is 1. The standard InChI is InChI=1S/C17H26BrN3O3S2/c18-15-3-4-17(25-15)26(23,24)21-10-5-14(6-11-21)13-16(22)19-7-12-20-8-1-2-9-20/h3-4,14H,1-2,5-13H2,(H,19,22). The molecule has 0 saturated carbocycles. The normalized spacial score (nSPS) is 20.5. The fourth-order valence-electron chi connectivity index (χ4n) is 3.61. The Bertz CT molecular complexity index is 709. The van der Waals surface area contributed by atoms with Gasteiger partial charge in [0.1, 0.15) is 4.21 Å². The van der Waals surface area contributed by atoms with E-state index in [1.165, 1.54) is 24.2 Å². The number of nitrogens with one attached hydrogen (secondary N) is 1. The van der Waals surface area contributed by atoms with E-state index in [-0.39, 0.29) is 11.8 Å². The molecule has 2 fully saturated rings. The Balaban J connectivity index is 1.39. The van der Waals surface area contributed by atoms with Crippen LogP contribution in [0, 0.1) is 5.92 Å². The van der Waals surface area contributed by atoms with E-state index < -0.39 is 10.0 Å². The van der Waals surface area contributed by atoms with Crippen LogP contribution in [0.25, 0.3) is 0 Å². The molecule has 3 rings (SSSR count). The van der Waals surface area contributed by atoms with Crippen LogP contribution < -0.4 is 5.32 Å². The van der Waals surface area contributed by atoms with Gasteiger partial charge in [0.05, 0.1) is 3.79 Å². The predicted octanol–water partition coefficient (Wildman–Crippen LogP) is 2.51. The highest BCUT2D eigenvalue weighted by atomic mass is 79.9. The average molecular weight is 464 g/mol. The van der Waals surface area contributed by atoms with Crippen molar-refractivity contribution >= 4 is 43.2 Å². The molecule has 1 amide bonds. The van der Waals surface area contributed by atoms with Crippen LogP contribution in [0.15, 0.2) is 20.1 Å². The van der Waals surface area contributed by atoms with Gasteiger partial charge in [0.25, 0.3) is 10.0 Å². The van der Waals surface area contributed by atoms with Crippen molar-refractivity contribution in [2.45, 2.75) is 36.3 Å². The zero-order valence-electron chi connectivity index (χ0n) is 14.8. The van der Waals surface area contributed by atoms with Crippen LogP contribution in [-0.4, -0.2) is 62.8 Å². The van der Waals surface area contributed by atoms with Gasteiger partial charge in [-0.25, -0.2) is 8.42 Å². The lowest BCUT2D eigenvalue weighted by atomic mass is 9.94. The highest BCUT2D eigenvalue weighted by Crippen LogP contribution is 2.31. The first-order valence-corrected chi connectivity index (χ1v) is 12.2. The Morgan fingerprint density at radius 1 is 1.19 bits per heavy atom. The van der Waals surface area contributed by atoms with Crippen molar-refractivity contribution in [1.82, 2.24) is 14.5 Å². The number of thiophene rings is 1. The highest BCUT2D eigenvalue weighted by Gasteiger charge is 2.31. The van der Waals surface area contributed by atoms with Gasteiger partial charge in [-0.05, 0) is 72.8 Å². The van der Waals surface area contributed by atoms with E-state index in [4.69, 9.17) is 0 Å². The molecule has 146 valence electrons. The minimum absolute atomic E-state index is 0.0905. The molecular weight excluding hydrogens is 438 g/mol. The summed E-state index contributed by atoms with van der Waals surface area (Å²) in [5.41, 5.74) is 0. The molecule has 9 heteroatoms. The lowest BCUT2D eigenvalue weighted by molar-refractivity contribution is -0.122. The summed E-state index contributed by atoms with van der Waals surface area (Å²) in [5.74, 6) is 0.357. The maximum absolute atomic E-state index is 12.6. The van der Waals surface area contributed by atoms with Gasteiger partial charge in [0.15, 0.2) is 0 Å². The van der Waals surface area contributed by atoms with Crippen LogP contribution in [0.1, 0.15) is 32.1 Å². The van der Waals surface area contributed by atoms with Gasteiger partial charge in [0, 0.05) is 32.6 Å². The molecule has 3 heterocycles. The first-order valence-electron chi connectivity index (χ1n) is 9.20. The first-order chi connectivity index (χ1) is 12.4. The number of hydrogen-bond donors (Lipinski definition) is 1. The molecule has 0 aliphatic carbocycles. The van der Waals surface area contributed by atoms with Crippen molar-refractivity contribution in [3.8, 4) is 0 Å². The molecule has 1 aromatic heterocycles. The second kappa shape index (κ2) is 9.14. The van der Waals surface area contributed by atoms with Gasteiger partial charge >= 0.3 is 0 Å². The Morgan fingerprint density at radius 3 is 2.50 bits per heavy atom. The molecule has 2 aliphatic heterocycles. The Labute approximate surface area is 168 Å². The van der Waals surface area contributed by atoms with Gasteiger partial charge in [-0.15, -0.1) is 11.3 Å². The Hall–Kier alpha value is -0.480. The second-order valence-corrected chi connectivity index (χ2v) is 11.6. The van der Waals surface area contributed by atoms with Crippen molar-refractivity contribution in [2.24, 2.45) is 5.92 Å². The van der Waals surface area contributed by atoms with Crippen LogP contribution in [0.3, 0.4) is 0 Å². The number of carbonyl (C=O) groups excluding carboxylic acids is 1. The minimum Gasteiger partial charge on any atom is -0.355 e. The van der Waals surface area contributed by atoms with Crippen LogP contribution in [-0.2, 0) is 14.8 Å². The SMILES string of the molecule is O=C(CC1CCN(S(=O)(=O)c2ccc(Br)s2)CC1)NCCN1CCCC1. The molecule has 6 nitrogen and oxygen atoms in total. The van der Waals surface area contributed by atoms with E-state index in [9.17, 15) is 13.2 Å². The van der Waals surface area contributed by atoms with E-state index >= 15 is 0 Å². The van der Waals surface area contributed by atoms with Crippen LogP contribution in [0.5, 0.6) is 0 Å². The molecule has 0 radical (unpaired) electrons. The summed E-state index contributed by atoms with van der Waals surface area (Å²) >= 11 is 4.55. The molecule has 0 bridgehead atoms. The van der Waals surface area contributed by atoms with Gasteiger partial charge in [-0.2, -0.15) is 4.31 Å². The van der Waals surface area contributed by atoms with E-state index in [0.717, 1.165) is 36.3 Å². The van der Waals surface area contributed by atoms with E-state index in [0.29, 0.717) is 30.3 Å². The fraction of sp³-hybridized carbons (Fsp3) is 0.706. The third-order valence-corrected chi connectivity index (χ3v) is 9.13. The number of sulfonamides is 1. The smallest absolute Gasteiger partial charge is 0.252 e. The van der Waals surface area contributed by atoms with E-state index in [1.807, 2.05) is 0 Å². The van der Waals surface area contributed by atoms with Gasteiger partial charge < -0.3 is 10.2 Å². The molecule has 1 N–H and O–H groups in total.